The van der Waals surface area contributed by atoms with Crippen molar-refractivity contribution >= 4 is 10.9 Å². The zero-order valence-corrected chi connectivity index (χ0v) is 11.2. The van der Waals surface area contributed by atoms with Gasteiger partial charge in [-0.1, -0.05) is 18.2 Å². The fourth-order valence-corrected chi connectivity index (χ4v) is 2.86. The monoisotopic (exact) mass is 244 g/mol. The maximum absolute atomic E-state index is 5.79. The molecular weight excluding hydrogens is 224 g/mol. The summed E-state index contributed by atoms with van der Waals surface area (Å²) in [6, 6.07) is 8.90. The molecule has 1 saturated heterocycles. The zero-order chi connectivity index (χ0) is 12.7. The van der Waals surface area contributed by atoms with Crippen LogP contribution in [0.5, 0.6) is 0 Å². The van der Waals surface area contributed by atoms with E-state index in [9.17, 15) is 0 Å². The van der Waals surface area contributed by atoms with Crippen molar-refractivity contribution in [3.8, 4) is 0 Å². The van der Waals surface area contributed by atoms with Gasteiger partial charge in [0.1, 0.15) is 0 Å². The Bertz CT molecular complexity index is 565. The second-order valence-electron chi connectivity index (χ2n) is 5.18. The van der Waals surface area contributed by atoms with Crippen molar-refractivity contribution < 1.29 is 4.74 Å². The Hall–Kier alpha value is -1.32. The van der Waals surface area contributed by atoms with E-state index in [0.717, 1.165) is 13.2 Å². The third kappa shape index (κ3) is 1.74. The summed E-state index contributed by atoms with van der Waals surface area (Å²) in [6.45, 7) is 5.98. The molecule has 1 N–H and O–H groups in total. The minimum Gasteiger partial charge on any atom is -0.375 e. The lowest BCUT2D eigenvalue weighted by Gasteiger charge is -2.29. The number of para-hydroxylation sites is 1. The van der Waals surface area contributed by atoms with Crippen LogP contribution >= 0.6 is 0 Å². The Morgan fingerprint density at radius 2 is 2.11 bits per heavy atom. The summed E-state index contributed by atoms with van der Waals surface area (Å²) >= 11 is 0. The van der Waals surface area contributed by atoms with E-state index < -0.39 is 0 Å². The normalized spacial score (nSPS) is 24.6. The van der Waals surface area contributed by atoms with E-state index in [0.29, 0.717) is 12.1 Å². The summed E-state index contributed by atoms with van der Waals surface area (Å²) in [6.07, 6.45) is 0.316. The molecule has 3 nitrogen and oxygen atoms in total. The van der Waals surface area contributed by atoms with Crippen LogP contribution in [0.15, 0.2) is 24.3 Å². The van der Waals surface area contributed by atoms with E-state index >= 15 is 0 Å². The van der Waals surface area contributed by atoms with Gasteiger partial charge in [0.05, 0.1) is 18.8 Å². The summed E-state index contributed by atoms with van der Waals surface area (Å²) in [5.74, 6) is 0. The van der Waals surface area contributed by atoms with E-state index in [1.807, 2.05) is 0 Å². The molecule has 96 valence electrons. The third-order valence-electron chi connectivity index (χ3n) is 4.00. The largest absolute Gasteiger partial charge is 0.375 e. The smallest absolute Gasteiger partial charge is 0.0672 e. The van der Waals surface area contributed by atoms with Gasteiger partial charge in [0.25, 0.3) is 0 Å². The van der Waals surface area contributed by atoms with Crippen LogP contribution in [-0.2, 0) is 11.8 Å². The number of fused-ring (bicyclic) bond motifs is 1. The molecule has 1 fully saturated rings. The number of hydrogen-bond donors (Lipinski definition) is 1. The number of morpholine rings is 1. The Kier molecular flexibility index (Phi) is 2.88. The summed E-state index contributed by atoms with van der Waals surface area (Å²) in [4.78, 5) is 0. The molecule has 2 heterocycles. The van der Waals surface area contributed by atoms with Crippen LogP contribution in [-0.4, -0.2) is 23.8 Å². The summed E-state index contributed by atoms with van der Waals surface area (Å²) in [5.41, 5.74) is 4.01. The predicted molar refractivity (Wildman–Crippen MR) is 73.8 cm³/mol. The molecule has 0 bridgehead atoms. The molecule has 0 radical (unpaired) electrons. The number of aryl methyl sites for hydroxylation is 1. The van der Waals surface area contributed by atoms with Crippen molar-refractivity contribution in [1.29, 1.82) is 0 Å². The third-order valence-corrected chi connectivity index (χ3v) is 4.00. The van der Waals surface area contributed by atoms with Gasteiger partial charge in [0.15, 0.2) is 0 Å². The van der Waals surface area contributed by atoms with Gasteiger partial charge >= 0.3 is 0 Å². The molecule has 2 atom stereocenters. The SMILES string of the molecule is Cc1c(C2COC(C)CN2)c2ccccc2n1C. The zero-order valence-electron chi connectivity index (χ0n) is 11.2. The molecule has 0 saturated carbocycles. The number of nitrogens with zero attached hydrogens (tertiary/aromatic N) is 1. The molecule has 0 amide bonds. The maximum atomic E-state index is 5.79. The highest BCUT2D eigenvalue weighted by Gasteiger charge is 2.24. The molecule has 0 spiro atoms. The quantitative estimate of drug-likeness (QED) is 0.834. The lowest BCUT2D eigenvalue weighted by molar-refractivity contribution is 0.0150. The van der Waals surface area contributed by atoms with Gasteiger partial charge < -0.3 is 14.6 Å². The van der Waals surface area contributed by atoms with E-state index in [1.54, 1.807) is 0 Å². The number of rotatable bonds is 1. The molecular formula is C15H20N2O. The number of nitrogens with one attached hydrogen (secondary N) is 1. The molecule has 3 rings (SSSR count). The highest BCUT2D eigenvalue weighted by Crippen LogP contribution is 2.31. The fraction of sp³-hybridized carbons (Fsp3) is 0.467. The molecule has 1 aromatic carbocycles. The maximum Gasteiger partial charge on any atom is 0.0672 e. The van der Waals surface area contributed by atoms with Crippen molar-refractivity contribution in [2.24, 2.45) is 7.05 Å². The van der Waals surface area contributed by atoms with Crippen LogP contribution in [0.3, 0.4) is 0 Å². The van der Waals surface area contributed by atoms with Crippen LogP contribution in [0.25, 0.3) is 10.9 Å². The van der Waals surface area contributed by atoms with E-state index in [1.165, 1.54) is 22.2 Å². The van der Waals surface area contributed by atoms with Gasteiger partial charge in [0.2, 0.25) is 0 Å². The van der Waals surface area contributed by atoms with Crippen molar-refractivity contribution in [2.45, 2.75) is 26.0 Å². The fourth-order valence-electron chi connectivity index (χ4n) is 2.86. The minimum absolute atomic E-state index is 0.312. The van der Waals surface area contributed by atoms with Crippen LogP contribution in [0.1, 0.15) is 24.2 Å². The van der Waals surface area contributed by atoms with Crippen molar-refractivity contribution in [2.75, 3.05) is 13.2 Å². The first-order chi connectivity index (χ1) is 8.68. The lowest BCUT2D eigenvalue weighted by Crippen LogP contribution is -2.39. The molecule has 3 heteroatoms. The van der Waals surface area contributed by atoms with Crippen molar-refractivity contribution in [3.63, 3.8) is 0 Å². The second kappa shape index (κ2) is 4.41. The van der Waals surface area contributed by atoms with E-state index in [4.69, 9.17) is 4.74 Å². The Labute approximate surface area is 108 Å². The van der Waals surface area contributed by atoms with Gasteiger partial charge in [-0.2, -0.15) is 0 Å². The second-order valence-corrected chi connectivity index (χ2v) is 5.18. The Morgan fingerprint density at radius 3 is 2.83 bits per heavy atom. The van der Waals surface area contributed by atoms with Gasteiger partial charge in [-0.3, -0.25) is 0 Å². The van der Waals surface area contributed by atoms with Crippen molar-refractivity contribution in [3.05, 3.63) is 35.5 Å². The lowest BCUT2D eigenvalue weighted by atomic mass is 10.0. The first kappa shape index (κ1) is 11.8. The van der Waals surface area contributed by atoms with E-state index in [-0.39, 0.29) is 0 Å². The average Bonchev–Trinajstić information content (AvgIpc) is 2.64. The van der Waals surface area contributed by atoms with Gasteiger partial charge in [-0.15, -0.1) is 0 Å². The number of ether oxygens (including phenoxy) is 1. The Balaban J connectivity index is 2.08. The van der Waals surface area contributed by atoms with Crippen LogP contribution < -0.4 is 5.32 Å². The van der Waals surface area contributed by atoms with Gasteiger partial charge in [-0.25, -0.2) is 0 Å². The molecule has 2 unspecified atom stereocenters. The molecule has 1 aromatic heterocycles. The molecule has 2 aromatic rings. The summed E-state index contributed by atoms with van der Waals surface area (Å²) in [5, 5.41) is 4.93. The average molecular weight is 244 g/mol. The highest BCUT2D eigenvalue weighted by molar-refractivity contribution is 5.86. The number of aromatic nitrogens is 1. The topological polar surface area (TPSA) is 26.2 Å². The Morgan fingerprint density at radius 1 is 1.33 bits per heavy atom. The summed E-state index contributed by atoms with van der Waals surface area (Å²) in [7, 11) is 2.13. The number of hydrogen-bond acceptors (Lipinski definition) is 2. The predicted octanol–water partition coefficient (Wildman–Crippen LogP) is 2.54. The van der Waals surface area contributed by atoms with Gasteiger partial charge in [0, 0.05) is 30.2 Å². The van der Waals surface area contributed by atoms with Gasteiger partial charge in [-0.05, 0) is 25.5 Å². The molecule has 0 aliphatic carbocycles. The molecule has 1 aliphatic heterocycles. The first-order valence-corrected chi connectivity index (χ1v) is 6.57. The minimum atomic E-state index is 0.312. The van der Waals surface area contributed by atoms with Crippen LogP contribution in [0.2, 0.25) is 0 Å². The van der Waals surface area contributed by atoms with Crippen molar-refractivity contribution in [1.82, 2.24) is 9.88 Å². The first-order valence-electron chi connectivity index (χ1n) is 6.57. The highest BCUT2D eigenvalue weighted by atomic mass is 16.5. The van der Waals surface area contributed by atoms with E-state index in [2.05, 4.69) is 55.0 Å². The molecule has 18 heavy (non-hydrogen) atoms. The standard InChI is InChI=1S/C15H20N2O/c1-10-8-16-13(9-18-10)15-11(2)17(3)14-7-5-4-6-12(14)15/h4-7,10,13,16H,8-9H2,1-3H3. The molecule has 1 aliphatic rings. The van der Waals surface area contributed by atoms with Crippen LogP contribution in [0, 0.1) is 6.92 Å². The summed E-state index contributed by atoms with van der Waals surface area (Å²) < 4.78 is 8.05. The number of benzene rings is 1. The van der Waals surface area contributed by atoms with Crippen LogP contribution in [0.4, 0.5) is 0 Å².